The number of rotatable bonds is 3. The van der Waals surface area contributed by atoms with Crippen LogP contribution in [0.1, 0.15) is 19.3 Å². The molecular weight excluding hydrogens is 148 g/mol. The molecule has 1 saturated heterocycles. The molecule has 0 atom stereocenters. The predicted molar refractivity (Wildman–Crippen MR) is 53.0 cm³/mol. The van der Waals surface area contributed by atoms with Crippen LogP contribution in [0.4, 0.5) is 0 Å². The van der Waals surface area contributed by atoms with Crippen LogP contribution in [0, 0.1) is 5.92 Å². The summed E-state index contributed by atoms with van der Waals surface area (Å²) in [7, 11) is 2.19. The monoisotopic (exact) mass is 168 g/mol. The second-order valence-corrected chi connectivity index (χ2v) is 3.90. The van der Waals surface area contributed by atoms with Crippen molar-refractivity contribution in [2.75, 3.05) is 26.7 Å². The standard InChI is InChI=1S/C10H20N2/c1-9(8-11)7-10-3-5-12(2)6-4-10/h10H,1,3-8,11H2,2H3. The van der Waals surface area contributed by atoms with Gasteiger partial charge in [0.25, 0.3) is 0 Å². The highest BCUT2D eigenvalue weighted by Crippen LogP contribution is 2.21. The van der Waals surface area contributed by atoms with Gasteiger partial charge in [-0.25, -0.2) is 0 Å². The minimum absolute atomic E-state index is 0.659. The second-order valence-electron chi connectivity index (χ2n) is 3.90. The largest absolute Gasteiger partial charge is 0.327 e. The summed E-state index contributed by atoms with van der Waals surface area (Å²) in [6.45, 7) is 7.08. The topological polar surface area (TPSA) is 29.3 Å². The van der Waals surface area contributed by atoms with E-state index in [4.69, 9.17) is 5.73 Å². The molecule has 2 nitrogen and oxygen atoms in total. The van der Waals surface area contributed by atoms with Gasteiger partial charge in [0.05, 0.1) is 0 Å². The molecule has 0 aromatic rings. The first-order valence-electron chi connectivity index (χ1n) is 4.77. The molecule has 0 amide bonds. The molecule has 1 aliphatic heterocycles. The van der Waals surface area contributed by atoms with Crippen LogP contribution in [0.15, 0.2) is 12.2 Å². The van der Waals surface area contributed by atoms with Gasteiger partial charge in [-0.15, -0.1) is 0 Å². The van der Waals surface area contributed by atoms with E-state index in [9.17, 15) is 0 Å². The molecule has 0 saturated carbocycles. The van der Waals surface area contributed by atoms with E-state index < -0.39 is 0 Å². The average molecular weight is 168 g/mol. The van der Waals surface area contributed by atoms with Gasteiger partial charge >= 0.3 is 0 Å². The normalized spacial score (nSPS) is 21.2. The van der Waals surface area contributed by atoms with Crippen molar-refractivity contribution in [2.45, 2.75) is 19.3 Å². The van der Waals surface area contributed by atoms with Gasteiger partial charge in [0.1, 0.15) is 0 Å². The lowest BCUT2D eigenvalue weighted by Crippen LogP contribution is -2.30. The van der Waals surface area contributed by atoms with Crippen molar-refractivity contribution >= 4 is 0 Å². The fourth-order valence-corrected chi connectivity index (χ4v) is 1.76. The molecule has 0 aromatic carbocycles. The van der Waals surface area contributed by atoms with Crippen molar-refractivity contribution in [1.29, 1.82) is 0 Å². The van der Waals surface area contributed by atoms with Crippen molar-refractivity contribution in [3.63, 3.8) is 0 Å². The van der Waals surface area contributed by atoms with E-state index in [0.29, 0.717) is 6.54 Å². The molecule has 0 radical (unpaired) electrons. The van der Waals surface area contributed by atoms with Gasteiger partial charge in [-0.2, -0.15) is 0 Å². The Morgan fingerprint density at radius 2 is 2.08 bits per heavy atom. The summed E-state index contributed by atoms with van der Waals surface area (Å²) in [5.41, 5.74) is 6.72. The Kier molecular flexibility index (Phi) is 3.76. The summed E-state index contributed by atoms with van der Waals surface area (Å²) in [6, 6.07) is 0. The number of nitrogens with zero attached hydrogens (tertiary/aromatic N) is 1. The molecule has 2 heteroatoms. The Labute approximate surface area is 75.4 Å². The summed E-state index contributed by atoms with van der Waals surface area (Å²) in [5.74, 6) is 0.845. The van der Waals surface area contributed by atoms with Gasteiger partial charge < -0.3 is 10.6 Å². The highest BCUT2D eigenvalue weighted by atomic mass is 15.1. The van der Waals surface area contributed by atoms with E-state index in [2.05, 4.69) is 18.5 Å². The maximum absolute atomic E-state index is 5.51. The van der Waals surface area contributed by atoms with E-state index in [1.807, 2.05) is 0 Å². The number of nitrogens with two attached hydrogens (primary N) is 1. The first kappa shape index (κ1) is 9.75. The van der Waals surface area contributed by atoms with Crippen LogP contribution >= 0.6 is 0 Å². The number of hydrogen-bond donors (Lipinski definition) is 1. The first-order chi connectivity index (χ1) is 5.72. The molecule has 0 spiro atoms. The van der Waals surface area contributed by atoms with Gasteiger partial charge in [-0.1, -0.05) is 12.2 Å². The molecule has 0 aromatic heterocycles. The molecule has 12 heavy (non-hydrogen) atoms. The van der Waals surface area contributed by atoms with Crippen LogP contribution in [-0.4, -0.2) is 31.6 Å². The minimum atomic E-state index is 0.659. The van der Waals surface area contributed by atoms with E-state index in [-0.39, 0.29) is 0 Å². The fraction of sp³-hybridized carbons (Fsp3) is 0.800. The van der Waals surface area contributed by atoms with Crippen molar-refractivity contribution < 1.29 is 0 Å². The van der Waals surface area contributed by atoms with Crippen LogP contribution in [0.2, 0.25) is 0 Å². The number of piperidine rings is 1. The van der Waals surface area contributed by atoms with Crippen molar-refractivity contribution in [2.24, 2.45) is 11.7 Å². The van der Waals surface area contributed by atoms with E-state index in [0.717, 1.165) is 12.3 Å². The highest BCUT2D eigenvalue weighted by Gasteiger charge is 2.16. The molecular formula is C10H20N2. The summed E-state index contributed by atoms with van der Waals surface area (Å²) in [6.07, 6.45) is 3.77. The number of hydrogen-bond acceptors (Lipinski definition) is 2. The van der Waals surface area contributed by atoms with Crippen LogP contribution in [0.5, 0.6) is 0 Å². The lowest BCUT2D eigenvalue weighted by molar-refractivity contribution is 0.218. The smallest absolute Gasteiger partial charge is 0.0134 e. The summed E-state index contributed by atoms with van der Waals surface area (Å²) < 4.78 is 0. The lowest BCUT2D eigenvalue weighted by atomic mass is 9.91. The van der Waals surface area contributed by atoms with E-state index >= 15 is 0 Å². The summed E-state index contributed by atoms with van der Waals surface area (Å²) in [5, 5.41) is 0. The molecule has 1 heterocycles. The molecule has 0 aliphatic carbocycles. The lowest BCUT2D eigenvalue weighted by Gasteiger charge is -2.29. The maximum atomic E-state index is 5.51. The van der Waals surface area contributed by atoms with Crippen molar-refractivity contribution in [1.82, 2.24) is 4.90 Å². The van der Waals surface area contributed by atoms with E-state index in [1.165, 1.54) is 31.5 Å². The molecule has 2 N–H and O–H groups in total. The molecule has 1 fully saturated rings. The summed E-state index contributed by atoms with van der Waals surface area (Å²) >= 11 is 0. The Hall–Kier alpha value is -0.340. The zero-order valence-electron chi connectivity index (χ0n) is 8.05. The molecule has 0 unspecified atom stereocenters. The van der Waals surface area contributed by atoms with E-state index in [1.54, 1.807) is 0 Å². The Balaban J connectivity index is 2.21. The van der Waals surface area contributed by atoms with Crippen molar-refractivity contribution in [3.05, 3.63) is 12.2 Å². The predicted octanol–water partition coefficient (Wildman–Crippen LogP) is 1.23. The van der Waals surface area contributed by atoms with Crippen LogP contribution < -0.4 is 5.73 Å². The van der Waals surface area contributed by atoms with Gasteiger partial charge in [0, 0.05) is 6.54 Å². The summed E-state index contributed by atoms with van der Waals surface area (Å²) in [4.78, 5) is 2.39. The SMILES string of the molecule is C=C(CN)CC1CCN(C)CC1. The first-order valence-corrected chi connectivity index (χ1v) is 4.77. The average Bonchev–Trinajstić information content (AvgIpc) is 2.09. The van der Waals surface area contributed by atoms with Gasteiger partial charge in [-0.3, -0.25) is 0 Å². The van der Waals surface area contributed by atoms with Gasteiger partial charge in [-0.05, 0) is 45.3 Å². The maximum Gasteiger partial charge on any atom is 0.0134 e. The Bertz CT molecular complexity index is 146. The quantitative estimate of drug-likeness (QED) is 0.642. The highest BCUT2D eigenvalue weighted by molar-refractivity contribution is 4.97. The zero-order chi connectivity index (χ0) is 8.97. The van der Waals surface area contributed by atoms with Gasteiger partial charge in [0.15, 0.2) is 0 Å². The van der Waals surface area contributed by atoms with Gasteiger partial charge in [0.2, 0.25) is 0 Å². The van der Waals surface area contributed by atoms with Crippen molar-refractivity contribution in [3.8, 4) is 0 Å². The Morgan fingerprint density at radius 1 is 1.50 bits per heavy atom. The zero-order valence-corrected chi connectivity index (χ0v) is 8.05. The molecule has 0 bridgehead atoms. The third-order valence-corrected chi connectivity index (χ3v) is 2.70. The fourth-order valence-electron chi connectivity index (χ4n) is 1.76. The third kappa shape index (κ3) is 2.95. The third-order valence-electron chi connectivity index (χ3n) is 2.70. The number of likely N-dealkylation sites (tertiary alicyclic amines) is 1. The van der Waals surface area contributed by atoms with Crippen LogP contribution in [0.25, 0.3) is 0 Å². The minimum Gasteiger partial charge on any atom is -0.327 e. The second kappa shape index (κ2) is 4.63. The molecule has 70 valence electrons. The Morgan fingerprint density at radius 3 is 2.58 bits per heavy atom. The molecule has 1 aliphatic rings. The van der Waals surface area contributed by atoms with Crippen LogP contribution in [0.3, 0.4) is 0 Å². The molecule has 1 rings (SSSR count). The van der Waals surface area contributed by atoms with Crippen LogP contribution in [-0.2, 0) is 0 Å².